The van der Waals surface area contributed by atoms with E-state index in [1.165, 1.54) is 0 Å². The van der Waals surface area contributed by atoms with Gasteiger partial charge < -0.3 is 24.8 Å². The van der Waals surface area contributed by atoms with Crippen molar-refractivity contribution in [1.82, 2.24) is 10.6 Å². The van der Waals surface area contributed by atoms with Gasteiger partial charge >= 0.3 is 12.1 Å². The largest absolute Gasteiger partial charge is 0.459 e. The second kappa shape index (κ2) is 14.7. The van der Waals surface area contributed by atoms with Crippen LogP contribution in [-0.2, 0) is 43.4 Å². The fraction of sp³-hybridized carbons (Fsp3) is 0.323. The number of esters is 1. The molecule has 2 N–H and O–H groups in total. The molecule has 0 bridgehead atoms. The molecule has 2 amide bonds. The lowest BCUT2D eigenvalue weighted by atomic mass is 10.1. The lowest BCUT2D eigenvalue weighted by Gasteiger charge is -2.25. The van der Waals surface area contributed by atoms with E-state index in [4.69, 9.17) is 14.2 Å². The zero-order valence-electron chi connectivity index (χ0n) is 22.6. The predicted octanol–water partition coefficient (Wildman–Crippen LogP) is 4.57. The summed E-state index contributed by atoms with van der Waals surface area (Å²) in [5.41, 5.74) is 1.83. The van der Waals surface area contributed by atoms with E-state index in [0.717, 1.165) is 16.7 Å². The molecule has 3 aromatic rings. The molecule has 0 spiro atoms. The van der Waals surface area contributed by atoms with Crippen LogP contribution in [0.25, 0.3) is 0 Å². The summed E-state index contributed by atoms with van der Waals surface area (Å²) in [6.45, 7) is 5.37. The van der Waals surface area contributed by atoms with Crippen LogP contribution < -0.4 is 10.6 Å². The summed E-state index contributed by atoms with van der Waals surface area (Å²) in [5.74, 6) is -1.18. The minimum Gasteiger partial charge on any atom is -0.459 e. The summed E-state index contributed by atoms with van der Waals surface area (Å²) in [6, 6.07) is 26.0. The summed E-state index contributed by atoms with van der Waals surface area (Å²) >= 11 is 0. The molecule has 8 nitrogen and oxygen atoms in total. The van der Waals surface area contributed by atoms with Crippen LogP contribution in [0, 0.1) is 0 Å². The SMILES string of the molecule is CC(C)(C)OC(=O)N[C@@H](COCc1ccccc1)C(=O)N[C@@H](Cc1ccccc1)C(=O)OCc1ccccc1. The van der Waals surface area contributed by atoms with E-state index in [1.54, 1.807) is 20.8 Å². The van der Waals surface area contributed by atoms with Crippen molar-refractivity contribution < 1.29 is 28.6 Å². The first kappa shape index (κ1) is 29.4. The van der Waals surface area contributed by atoms with Crippen LogP contribution in [0.3, 0.4) is 0 Å². The minimum atomic E-state index is -1.11. The highest BCUT2D eigenvalue weighted by Crippen LogP contribution is 2.10. The number of hydrogen-bond acceptors (Lipinski definition) is 6. The van der Waals surface area contributed by atoms with Crippen molar-refractivity contribution in [2.75, 3.05) is 6.61 Å². The molecule has 0 aliphatic heterocycles. The second-order valence-electron chi connectivity index (χ2n) is 10.0. The van der Waals surface area contributed by atoms with E-state index in [2.05, 4.69) is 10.6 Å². The molecule has 39 heavy (non-hydrogen) atoms. The minimum absolute atomic E-state index is 0.0700. The molecule has 0 saturated heterocycles. The van der Waals surface area contributed by atoms with Gasteiger partial charge in [-0.05, 0) is 37.5 Å². The Labute approximate surface area is 229 Å². The number of hydrogen-bond donors (Lipinski definition) is 2. The highest BCUT2D eigenvalue weighted by Gasteiger charge is 2.29. The molecule has 0 unspecified atom stereocenters. The summed E-state index contributed by atoms with van der Waals surface area (Å²) in [4.78, 5) is 39.0. The molecule has 206 valence electrons. The number of carbonyl (C=O) groups excluding carboxylic acids is 3. The molecular weight excluding hydrogens is 496 g/mol. The van der Waals surface area contributed by atoms with Gasteiger partial charge in [0, 0.05) is 6.42 Å². The van der Waals surface area contributed by atoms with Gasteiger partial charge in [0.05, 0.1) is 13.2 Å². The molecule has 0 fully saturated rings. The lowest BCUT2D eigenvalue weighted by Crippen LogP contribution is -2.54. The third kappa shape index (κ3) is 11.0. The summed E-state index contributed by atoms with van der Waals surface area (Å²) in [7, 11) is 0. The summed E-state index contributed by atoms with van der Waals surface area (Å²) < 4.78 is 16.6. The fourth-order valence-electron chi connectivity index (χ4n) is 3.65. The number of benzene rings is 3. The zero-order valence-corrected chi connectivity index (χ0v) is 22.6. The molecule has 0 saturated carbocycles. The van der Waals surface area contributed by atoms with Gasteiger partial charge in [-0.3, -0.25) is 4.79 Å². The summed E-state index contributed by atoms with van der Waals surface area (Å²) in [5, 5.41) is 5.33. The molecular formula is C31H36N2O6. The van der Waals surface area contributed by atoms with Crippen molar-refractivity contribution in [3.63, 3.8) is 0 Å². The highest BCUT2D eigenvalue weighted by atomic mass is 16.6. The Morgan fingerprint density at radius 2 is 1.21 bits per heavy atom. The van der Waals surface area contributed by atoms with Crippen LogP contribution >= 0.6 is 0 Å². The van der Waals surface area contributed by atoms with Gasteiger partial charge in [0.1, 0.15) is 24.3 Å². The predicted molar refractivity (Wildman–Crippen MR) is 148 cm³/mol. The normalized spacial score (nSPS) is 12.6. The number of carbonyl (C=O) groups is 3. The molecule has 3 aromatic carbocycles. The average molecular weight is 533 g/mol. The zero-order chi connectivity index (χ0) is 28.1. The van der Waals surface area contributed by atoms with Crippen molar-refractivity contribution in [3.05, 3.63) is 108 Å². The van der Waals surface area contributed by atoms with Gasteiger partial charge in [-0.1, -0.05) is 91.0 Å². The molecule has 3 rings (SSSR count). The van der Waals surface area contributed by atoms with Gasteiger partial charge in [-0.15, -0.1) is 0 Å². The van der Waals surface area contributed by atoms with Gasteiger partial charge in [0.15, 0.2) is 0 Å². The Bertz CT molecular complexity index is 1180. The van der Waals surface area contributed by atoms with E-state index in [-0.39, 0.29) is 26.2 Å². The van der Waals surface area contributed by atoms with Crippen LogP contribution in [0.15, 0.2) is 91.0 Å². The molecule has 0 aromatic heterocycles. The smallest absolute Gasteiger partial charge is 0.408 e. The van der Waals surface area contributed by atoms with Crippen LogP contribution in [0.2, 0.25) is 0 Å². The first-order valence-electron chi connectivity index (χ1n) is 12.9. The quantitative estimate of drug-likeness (QED) is 0.332. The average Bonchev–Trinajstić information content (AvgIpc) is 2.91. The van der Waals surface area contributed by atoms with Gasteiger partial charge in [0.25, 0.3) is 0 Å². The summed E-state index contributed by atoms with van der Waals surface area (Å²) in [6.07, 6.45) is -0.554. The topological polar surface area (TPSA) is 103 Å². The standard InChI is InChI=1S/C31H36N2O6/c1-31(2,3)39-30(36)33-27(22-37-20-24-15-9-5-10-16-24)28(34)32-26(19-23-13-7-4-8-14-23)29(35)38-21-25-17-11-6-12-18-25/h4-18,26-27H,19-22H2,1-3H3,(H,32,34)(H,33,36)/t26-,27-/m0/s1. The first-order chi connectivity index (χ1) is 18.7. The van der Waals surface area contributed by atoms with Crippen molar-refractivity contribution in [1.29, 1.82) is 0 Å². The number of rotatable bonds is 12. The maximum atomic E-state index is 13.4. The van der Waals surface area contributed by atoms with Crippen molar-refractivity contribution in [3.8, 4) is 0 Å². The first-order valence-corrected chi connectivity index (χ1v) is 12.9. The molecule has 2 atom stereocenters. The highest BCUT2D eigenvalue weighted by molar-refractivity contribution is 5.90. The van der Waals surface area contributed by atoms with Crippen LogP contribution in [0.5, 0.6) is 0 Å². The molecule has 8 heteroatoms. The Kier molecular flexibility index (Phi) is 11.1. The third-order valence-corrected chi connectivity index (χ3v) is 5.51. The van der Waals surface area contributed by atoms with E-state index in [0.29, 0.717) is 0 Å². The van der Waals surface area contributed by atoms with E-state index in [1.807, 2.05) is 91.0 Å². The monoisotopic (exact) mass is 532 g/mol. The fourth-order valence-corrected chi connectivity index (χ4v) is 3.65. The Morgan fingerprint density at radius 1 is 0.692 bits per heavy atom. The molecule has 0 heterocycles. The second-order valence-corrected chi connectivity index (χ2v) is 10.0. The van der Waals surface area contributed by atoms with E-state index >= 15 is 0 Å². The Morgan fingerprint density at radius 3 is 1.74 bits per heavy atom. The van der Waals surface area contributed by atoms with Crippen LogP contribution in [-0.4, -0.2) is 42.3 Å². The molecule has 0 aliphatic carbocycles. The maximum absolute atomic E-state index is 13.4. The Hall–Kier alpha value is -4.17. The molecule has 0 aliphatic rings. The number of amides is 2. The molecule has 0 radical (unpaired) electrons. The van der Waals surface area contributed by atoms with Gasteiger partial charge in [0.2, 0.25) is 5.91 Å². The number of alkyl carbamates (subject to hydrolysis) is 1. The van der Waals surface area contributed by atoms with Crippen LogP contribution in [0.1, 0.15) is 37.5 Å². The van der Waals surface area contributed by atoms with Gasteiger partial charge in [-0.2, -0.15) is 0 Å². The van der Waals surface area contributed by atoms with Crippen molar-refractivity contribution in [2.45, 2.75) is 58.1 Å². The maximum Gasteiger partial charge on any atom is 0.408 e. The lowest BCUT2D eigenvalue weighted by molar-refractivity contribution is -0.149. The third-order valence-electron chi connectivity index (χ3n) is 5.51. The van der Waals surface area contributed by atoms with Crippen molar-refractivity contribution >= 4 is 18.0 Å². The van der Waals surface area contributed by atoms with E-state index < -0.39 is 35.7 Å². The van der Waals surface area contributed by atoms with Crippen LogP contribution in [0.4, 0.5) is 4.79 Å². The number of ether oxygens (including phenoxy) is 3. The number of nitrogens with one attached hydrogen (secondary N) is 2. The van der Waals surface area contributed by atoms with E-state index in [9.17, 15) is 14.4 Å². The Balaban J connectivity index is 1.71. The van der Waals surface area contributed by atoms with Gasteiger partial charge in [-0.25, -0.2) is 9.59 Å². The van der Waals surface area contributed by atoms with Crippen molar-refractivity contribution in [2.24, 2.45) is 0 Å².